The maximum atomic E-state index is 2.66. The van der Waals surface area contributed by atoms with Crippen molar-refractivity contribution in [3.05, 3.63) is 210 Å². The summed E-state index contributed by atoms with van der Waals surface area (Å²) in [6.07, 6.45) is 1.07. The molecule has 0 radical (unpaired) electrons. The van der Waals surface area contributed by atoms with Crippen molar-refractivity contribution >= 4 is 110 Å². The fourth-order valence-electron chi connectivity index (χ4n) is 12.7. The van der Waals surface area contributed by atoms with Crippen LogP contribution in [0.15, 0.2) is 188 Å². The summed E-state index contributed by atoms with van der Waals surface area (Å²) < 4.78 is 2.72. The van der Waals surface area contributed by atoms with Crippen molar-refractivity contribution in [2.45, 2.75) is 111 Å². The predicted octanol–water partition coefficient (Wildman–Crippen LogP) is 19.4. The van der Waals surface area contributed by atoms with Gasteiger partial charge in [-0.15, -0.1) is 11.3 Å². The van der Waals surface area contributed by atoms with Crippen molar-refractivity contribution in [1.29, 1.82) is 0 Å². The first-order valence-electron chi connectivity index (χ1n) is 27.9. The quantitative estimate of drug-likeness (QED) is 0.121. The van der Waals surface area contributed by atoms with Gasteiger partial charge in [0.25, 0.3) is 6.71 Å². The molecule has 0 saturated carbocycles. The minimum Gasteiger partial charge on any atom is -0.311 e. The molecule has 10 aromatic carbocycles. The normalized spacial score (nSPS) is 13.7. The van der Waals surface area contributed by atoms with Gasteiger partial charge in [0, 0.05) is 43.2 Å². The number of nitrogens with zero attached hydrogens (tertiary/aromatic N) is 2. The first kappa shape index (κ1) is 49.2. The Hall–Kier alpha value is -7.40. The van der Waals surface area contributed by atoms with E-state index in [0.29, 0.717) is 0 Å². The Bertz CT molecular complexity index is 4140. The third kappa shape index (κ3) is 7.87. The second-order valence-electron chi connectivity index (χ2n) is 25.8. The maximum Gasteiger partial charge on any atom is 0.264 e. The molecule has 77 heavy (non-hydrogen) atoms. The Morgan fingerprint density at radius 2 is 0.974 bits per heavy atom. The molecule has 13 rings (SSSR count). The van der Waals surface area contributed by atoms with Crippen LogP contribution in [0.5, 0.6) is 0 Å². The number of hydrogen-bond acceptors (Lipinski definition) is 3. The van der Waals surface area contributed by atoms with Crippen LogP contribution in [0, 0.1) is 0 Å². The van der Waals surface area contributed by atoms with Gasteiger partial charge in [0.2, 0.25) is 0 Å². The van der Waals surface area contributed by atoms with E-state index in [-0.39, 0.29) is 28.4 Å². The van der Waals surface area contributed by atoms with Gasteiger partial charge in [-0.2, -0.15) is 0 Å². The highest BCUT2D eigenvalue weighted by molar-refractivity contribution is 7.33. The van der Waals surface area contributed by atoms with Gasteiger partial charge < -0.3 is 9.80 Å². The Kier molecular flexibility index (Phi) is 11.2. The van der Waals surface area contributed by atoms with Gasteiger partial charge in [-0.3, -0.25) is 0 Å². The van der Waals surface area contributed by atoms with E-state index in [0.717, 1.165) is 6.42 Å². The second kappa shape index (κ2) is 17.6. The third-order valence-electron chi connectivity index (χ3n) is 17.4. The molecule has 2 aliphatic rings. The van der Waals surface area contributed by atoms with E-state index in [1.54, 1.807) is 0 Å². The average Bonchev–Trinajstić information content (AvgIpc) is 4.09. The molecule has 0 N–H and O–H groups in total. The van der Waals surface area contributed by atoms with E-state index in [1.165, 1.54) is 137 Å². The lowest BCUT2D eigenvalue weighted by atomic mass is 9.36. The van der Waals surface area contributed by atoms with Gasteiger partial charge >= 0.3 is 0 Å². The minimum atomic E-state index is -0.151. The molecule has 0 saturated heterocycles. The zero-order valence-electron chi connectivity index (χ0n) is 47.0. The fourth-order valence-corrected chi connectivity index (χ4v) is 14.0. The summed E-state index contributed by atoms with van der Waals surface area (Å²) in [6.45, 7) is 28.3. The molecular weight excluding hydrogens is 948 g/mol. The van der Waals surface area contributed by atoms with Crippen molar-refractivity contribution in [3.8, 4) is 22.3 Å². The molecule has 4 heteroatoms. The Labute approximate surface area is 461 Å². The zero-order chi connectivity index (χ0) is 53.5. The first-order chi connectivity index (χ1) is 36.8. The van der Waals surface area contributed by atoms with Crippen LogP contribution in [0.3, 0.4) is 0 Å². The van der Waals surface area contributed by atoms with Gasteiger partial charge in [0.1, 0.15) is 0 Å². The predicted molar refractivity (Wildman–Crippen MR) is 339 cm³/mol. The van der Waals surface area contributed by atoms with Crippen LogP contribution in [0.25, 0.3) is 64.7 Å². The molecule has 2 aliphatic heterocycles. The lowest BCUT2D eigenvalue weighted by Gasteiger charge is -2.44. The SMILES string of the molecule is CCC(C)(C)c1ccc(N2c3cccc4c3B(c3cc(C(C)(C)C)c(-c5ccccc5)cc3N4c3ccc(C(C)(C)C)cc3-c3ccc4c5ccccc5c5ccccc5c4c3)c3sc4ccc(C(C)(C)C)cc4c32)cc1. The van der Waals surface area contributed by atoms with E-state index in [9.17, 15) is 0 Å². The number of fused-ring (bicyclic) bond motifs is 12. The maximum absolute atomic E-state index is 2.66. The lowest BCUT2D eigenvalue weighted by Crippen LogP contribution is -2.60. The molecule has 2 nitrogen and oxygen atoms in total. The van der Waals surface area contributed by atoms with E-state index in [4.69, 9.17) is 0 Å². The standard InChI is InChI=1S/C73H69BN2S/c1-13-73(11,12)47-31-35-50(36-32-47)75-63-28-21-29-64-67(63)74(69-68(75)59-42-49(71(5,6)7)34-39-66(59)77-69)61-44-60(72(8,9)10)56(45-22-15-14-16-23-45)43-65(61)76(64)62-38-33-48(70(2,3)4)41-57(62)46-30-37-55-53-26-18-17-24-51(53)52-25-19-20-27-54(52)58(55)40-46/h14-44H,13H2,1-12H3. The van der Waals surface area contributed by atoms with Crippen LogP contribution in [-0.2, 0) is 21.7 Å². The van der Waals surface area contributed by atoms with Crippen molar-refractivity contribution in [2.24, 2.45) is 0 Å². The summed E-state index contributed by atoms with van der Waals surface area (Å²) in [7, 11) is 0. The average molecular weight is 1020 g/mol. The van der Waals surface area contributed by atoms with Crippen LogP contribution >= 0.6 is 11.3 Å². The lowest BCUT2D eigenvalue weighted by molar-refractivity contribution is 0.506. The molecular formula is C73H69BN2S. The summed E-state index contributed by atoms with van der Waals surface area (Å²) in [5.74, 6) is 0. The highest BCUT2D eigenvalue weighted by Crippen LogP contribution is 2.52. The number of hydrogen-bond donors (Lipinski definition) is 0. The van der Waals surface area contributed by atoms with Gasteiger partial charge in [0.05, 0.1) is 11.4 Å². The van der Waals surface area contributed by atoms with Crippen molar-refractivity contribution in [3.63, 3.8) is 0 Å². The monoisotopic (exact) mass is 1020 g/mol. The molecule has 0 spiro atoms. The van der Waals surface area contributed by atoms with Crippen molar-refractivity contribution in [1.82, 2.24) is 0 Å². The summed E-state index contributed by atoms with van der Waals surface area (Å²) in [6, 6.07) is 72.8. The van der Waals surface area contributed by atoms with Crippen LogP contribution in [-0.4, -0.2) is 6.71 Å². The molecule has 380 valence electrons. The summed E-state index contributed by atoms with van der Waals surface area (Å²) in [5, 5.41) is 9.03. The Morgan fingerprint density at radius 3 is 1.60 bits per heavy atom. The zero-order valence-corrected chi connectivity index (χ0v) is 47.8. The van der Waals surface area contributed by atoms with Crippen LogP contribution in [0.2, 0.25) is 0 Å². The van der Waals surface area contributed by atoms with Gasteiger partial charge in [-0.1, -0.05) is 210 Å². The highest BCUT2D eigenvalue weighted by atomic mass is 32.1. The molecule has 1 aromatic heterocycles. The van der Waals surface area contributed by atoms with Gasteiger partial charge in [-0.05, 0) is 171 Å². The van der Waals surface area contributed by atoms with Gasteiger partial charge in [-0.25, -0.2) is 0 Å². The number of thiophene rings is 1. The summed E-state index contributed by atoms with van der Waals surface area (Å²) in [4.78, 5) is 5.29. The molecule has 0 atom stereocenters. The molecule has 0 amide bonds. The summed E-state index contributed by atoms with van der Waals surface area (Å²) >= 11 is 1.99. The largest absolute Gasteiger partial charge is 0.311 e. The topological polar surface area (TPSA) is 6.48 Å². The van der Waals surface area contributed by atoms with Gasteiger partial charge in [0.15, 0.2) is 0 Å². The van der Waals surface area contributed by atoms with E-state index >= 15 is 0 Å². The van der Waals surface area contributed by atoms with Crippen LogP contribution in [0.1, 0.15) is 112 Å². The van der Waals surface area contributed by atoms with Crippen LogP contribution in [0.4, 0.5) is 34.1 Å². The summed E-state index contributed by atoms with van der Waals surface area (Å²) in [5.41, 5.74) is 20.2. The smallest absolute Gasteiger partial charge is 0.264 e. The number of benzene rings is 10. The molecule has 0 fully saturated rings. The molecule has 0 aliphatic carbocycles. The molecule has 11 aromatic rings. The first-order valence-corrected chi connectivity index (χ1v) is 28.7. The number of anilines is 6. The molecule has 0 unspecified atom stereocenters. The highest BCUT2D eigenvalue weighted by Gasteiger charge is 2.46. The molecule has 0 bridgehead atoms. The fraction of sp³-hybridized carbons (Fsp3) is 0.233. The minimum absolute atomic E-state index is 0.0134. The van der Waals surface area contributed by atoms with Crippen molar-refractivity contribution < 1.29 is 0 Å². The Morgan fingerprint density at radius 1 is 0.403 bits per heavy atom. The third-order valence-corrected chi connectivity index (χ3v) is 18.7. The number of rotatable bonds is 6. The molecule has 3 heterocycles. The Balaban J connectivity index is 1.14. The van der Waals surface area contributed by atoms with E-state index < -0.39 is 0 Å². The van der Waals surface area contributed by atoms with Crippen LogP contribution < -0.4 is 25.5 Å². The second-order valence-corrected chi connectivity index (χ2v) is 26.9. The van der Waals surface area contributed by atoms with E-state index in [2.05, 4.69) is 281 Å². The van der Waals surface area contributed by atoms with E-state index in [1.807, 2.05) is 11.3 Å². The van der Waals surface area contributed by atoms with Crippen molar-refractivity contribution in [2.75, 3.05) is 9.80 Å².